The van der Waals surface area contributed by atoms with Crippen LogP contribution in [0, 0.1) is 0 Å². The van der Waals surface area contributed by atoms with Crippen molar-refractivity contribution in [3.8, 4) is 0 Å². The molecular formula is C22H34BrN. The first kappa shape index (κ1) is 19.6. The van der Waals surface area contributed by atoms with Gasteiger partial charge in [-0.3, -0.25) is 0 Å². The third-order valence-electron chi connectivity index (χ3n) is 5.03. The lowest BCUT2D eigenvalue weighted by molar-refractivity contribution is 0.619. The van der Waals surface area contributed by atoms with Crippen molar-refractivity contribution in [2.75, 3.05) is 0 Å². The molecule has 2 aromatic rings. The number of fused-ring (bicyclic) bond motifs is 1. The molecule has 1 aromatic heterocycles. The van der Waals surface area contributed by atoms with E-state index >= 15 is 0 Å². The molecule has 2 rings (SSSR count). The lowest BCUT2D eigenvalue weighted by Gasteiger charge is -2.06. The highest BCUT2D eigenvalue weighted by molar-refractivity contribution is 9.10. The fraction of sp³-hybridized carbons (Fsp3) is 0.636. The van der Waals surface area contributed by atoms with E-state index < -0.39 is 0 Å². The highest BCUT2D eigenvalue weighted by Gasteiger charge is 2.13. The van der Waals surface area contributed by atoms with E-state index in [4.69, 9.17) is 0 Å². The summed E-state index contributed by atoms with van der Waals surface area (Å²) in [6.45, 7) is 4.57. The van der Waals surface area contributed by atoms with Crippen molar-refractivity contribution in [3.05, 3.63) is 33.9 Å². The van der Waals surface area contributed by atoms with Gasteiger partial charge in [-0.15, -0.1) is 0 Å². The van der Waals surface area contributed by atoms with Gasteiger partial charge in [-0.2, -0.15) is 0 Å². The Morgan fingerprint density at radius 1 is 0.792 bits per heavy atom. The van der Waals surface area contributed by atoms with Crippen molar-refractivity contribution in [3.63, 3.8) is 0 Å². The summed E-state index contributed by atoms with van der Waals surface area (Å²) in [6.07, 6.45) is 15.9. The summed E-state index contributed by atoms with van der Waals surface area (Å²) in [5.74, 6) is 0. The number of aryl methyl sites for hydroxylation is 2. The molecule has 0 atom stereocenters. The number of H-pyrrole nitrogens is 1. The van der Waals surface area contributed by atoms with Crippen LogP contribution >= 0.6 is 15.9 Å². The third kappa shape index (κ3) is 5.65. The topological polar surface area (TPSA) is 15.8 Å². The number of benzene rings is 1. The Hall–Kier alpha value is -0.760. The van der Waals surface area contributed by atoms with Crippen molar-refractivity contribution < 1.29 is 0 Å². The van der Waals surface area contributed by atoms with E-state index in [-0.39, 0.29) is 0 Å². The number of unbranched alkanes of at least 4 members (excludes halogenated alkanes) is 8. The molecule has 2 heteroatoms. The van der Waals surface area contributed by atoms with E-state index in [0.717, 1.165) is 0 Å². The van der Waals surface area contributed by atoms with Crippen LogP contribution in [0.15, 0.2) is 22.7 Å². The Labute approximate surface area is 156 Å². The fourth-order valence-electron chi connectivity index (χ4n) is 3.62. The first-order valence-corrected chi connectivity index (χ1v) is 10.8. The van der Waals surface area contributed by atoms with Gasteiger partial charge in [0, 0.05) is 21.1 Å². The Morgan fingerprint density at radius 3 is 2.08 bits per heavy atom. The van der Waals surface area contributed by atoms with Gasteiger partial charge in [-0.1, -0.05) is 87.2 Å². The second-order valence-corrected chi connectivity index (χ2v) is 7.93. The predicted molar refractivity (Wildman–Crippen MR) is 111 cm³/mol. The number of nitrogens with one attached hydrogen (secondary N) is 1. The average molecular weight is 392 g/mol. The molecule has 24 heavy (non-hydrogen) atoms. The lowest BCUT2D eigenvalue weighted by atomic mass is 10.00. The van der Waals surface area contributed by atoms with Gasteiger partial charge in [0.1, 0.15) is 0 Å². The summed E-state index contributed by atoms with van der Waals surface area (Å²) in [5.41, 5.74) is 4.37. The smallest absolute Gasteiger partial charge is 0.0470 e. The molecule has 0 fully saturated rings. The summed E-state index contributed by atoms with van der Waals surface area (Å²) in [7, 11) is 0. The minimum atomic E-state index is 1.20. The summed E-state index contributed by atoms with van der Waals surface area (Å²) < 4.78 is 1.25. The van der Waals surface area contributed by atoms with Crippen LogP contribution in [0.25, 0.3) is 10.9 Å². The molecular weight excluding hydrogens is 358 g/mol. The van der Waals surface area contributed by atoms with Crippen LogP contribution in [0.1, 0.15) is 89.3 Å². The molecule has 0 aliphatic carbocycles. The molecule has 1 heterocycles. The summed E-state index contributed by atoms with van der Waals surface area (Å²) in [5, 5.41) is 1.43. The quantitative estimate of drug-likeness (QED) is 0.353. The van der Waals surface area contributed by atoms with E-state index in [0.29, 0.717) is 0 Å². The molecule has 0 saturated carbocycles. The Balaban J connectivity index is 2.04. The second-order valence-electron chi connectivity index (χ2n) is 7.07. The summed E-state index contributed by atoms with van der Waals surface area (Å²) in [4.78, 5) is 3.72. The minimum absolute atomic E-state index is 1.20. The van der Waals surface area contributed by atoms with Crippen LogP contribution in [0.5, 0.6) is 0 Å². The van der Waals surface area contributed by atoms with Gasteiger partial charge >= 0.3 is 0 Å². The standard InChI is InChI=1S/C22H34BrN/c1-3-5-7-9-11-14-18-20(16-12-10-8-6-4-2)24-21-17-13-15-19(23)22(18)21/h13,15,17,24H,3-12,14,16H2,1-2H3. The molecule has 0 amide bonds. The van der Waals surface area contributed by atoms with Crippen LogP contribution in [-0.4, -0.2) is 4.98 Å². The van der Waals surface area contributed by atoms with Gasteiger partial charge in [0.2, 0.25) is 0 Å². The molecule has 0 radical (unpaired) electrons. The number of halogens is 1. The normalized spacial score (nSPS) is 11.5. The Morgan fingerprint density at radius 2 is 1.42 bits per heavy atom. The maximum atomic E-state index is 3.78. The summed E-state index contributed by atoms with van der Waals surface area (Å²) in [6, 6.07) is 6.54. The lowest BCUT2D eigenvalue weighted by Crippen LogP contribution is -1.94. The molecule has 0 unspecified atom stereocenters. The Bertz CT molecular complexity index is 599. The maximum absolute atomic E-state index is 3.78. The van der Waals surface area contributed by atoms with Gasteiger partial charge in [0.05, 0.1) is 0 Å². The zero-order valence-corrected chi connectivity index (χ0v) is 17.2. The molecule has 0 bridgehead atoms. The van der Waals surface area contributed by atoms with Crippen LogP contribution in [0.4, 0.5) is 0 Å². The molecule has 1 N–H and O–H groups in total. The van der Waals surface area contributed by atoms with Crippen LogP contribution in [0.3, 0.4) is 0 Å². The van der Waals surface area contributed by atoms with Gasteiger partial charge in [-0.25, -0.2) is 0 Å². The largest absolute Gasteiger partial charge is 0.358 e. The highest BCUT2D eigenvalue weighted by atomic mass is 79.9. The van der Waals surface area contributed by atoms with Gasteiger partial charge in [0.25, 0.3) is 0 Å². The first-order valence-electron chi connectivity index (χ1n) is 10.1. The number of rotatable bonds is 12. The molecule has 0 spiro atoms. The van der Waals surface area contributed by atoms with Gasteiger partial charge < -0.3 is 4.98 Å². The molecule has 1 aromatic carbocycles. The first-order chi connectivity index (χ1) is 11.8. The molecule has 0 saturated heterocycles. The maximum Gasteiger partial charge on any atom is 0.0470 e. The Kier molecular flexibility index (Phi) is 8.94. The number of hydrogen-bond acceptors (Lipinski definition) is 0. The SMILES string of the molecule is CCCCCCCc1[nH]c2cccc(Br)c2c1CCCCCCC. The third-order valence-corrected chi connectivity index (χ3v) is 5.69. The van der Waals surface area contributed by atoms with Crippen LogP contribution in [-0.2, 0) is 12.8 Å². The number of aromatic amines is 1. The van der Waals surface area contributed by atoms with E-state index in [9.17, 15) is 0 Å². The van der Waals surface area contributed by atoms with Crippen molar-refractivity contribution >= 4 is 26.8 Å². The van der Waals surface area contributed by atoms with Crippen molar-refractivity contribution in [2.24, 2.45) is 0 Å². The zero-order valence-electron chi connectivity index (χ0n) is 15.6. The second kappa shape index (κ2) is 11.0. The van der Waals surface area contributed by atoms with Crippen molar-refractivity contribution in [1.29, 1.82) is 0 Å². The van der Waals surface area contributed by atoms with E-state index in [1.54, 1.807) is 5.56 Å². The summed E-state index contributed by atoms with van der Waals surface area (Å²) >= 11 is 3.78. The molecule has 0 aliphatic heterocycles. The zero-order chi connectivity index (χ0) is 17.2. The highest BCUT2D eigenvalue weighted by Crippen LogP contribution is 2.32. The number of hydrogen-bond donors (Lipinski definition) is 1. The van der Waals surface area contributed by atoms with E-state index in [2.05, 4.69) is 53.0 Å². The number of aromatic nitrogens is 1. The van der Waals surface area contributed by atoms with Crippen molar-refractivity contribution in [2.45, 2.75) is 90.9 Å². The van der Waals surface area contributed by atoms with Gasteiger partial charge in [0.15, 0.2) is 0 Å². The van der Waals surface area contributed by atoms with Gasteiger partial charge in [-0.05, 0) is 43.4 Å². The van der Waals surface area contributed by atoms with E-state index in [1.807, 2.05) is 0 Å². The monoisotopic (exact) mass is 391 g/mol. The fourth-order valence-corrected chi connectivity index (χ4v) is 4.23. The van der Waals surface area contributed by atoms with E-state index in [1.165, 1.54) is 98.1 Å². The van der Waals surface area contributed by atoms with Crippen LogP contribution < -0.4 is 0 Å². The molecule has 1 nitrogen and oxygen atoms in total. The predicted octanol–water partition coefficient (Wildman–Crippen LogP) is 7.96. The minimum Gasteiger partial charge on any atom is -0.358 e. The average Bonchev–Trinajstić information content (AvgIpc) is 2.93. The molecule has 134 valence electrons. The van der Waals surface area contributed by atoms with Crippen LogP contribution in [0.2, 0.25) is 0 Å². The molecule has 0 aliphatic rings. The van der Waals surface area contributed by atoms with Crippen molar-refractivity contribution in [1.82, 2.24) is 4.98 Å².